The molecule has 0 radical (unpaired) electrons. The number of ether oxygens (including phenoxy) is 1. The van der Waals surface area contributed by atoms with Gasteiger partial charge in [0.1, 0.15) is 5.75 Å². The average Bonchev–Trinajstić information content (AvgIpc) is 2.60. The summed E-state index contributed by atoms with van der Waals surface area (Å²) in [5.41, 5.74) is 1.08. The van der Waals surface area contributed by atoms with Crippen LogP contribution in [0.5, 0.6) is 5.75 Å². The normalized spacial score (nSPS) is 17.9. The summed E-state index contributed by atoms with van der Waals surface area (Å²) in [5, 5.41) is 6.55. The van der Waals surface area contributed by atoms with E-state index in [1.54, 1.807) is 7.05 Å². The maximum atomic E-state index is 11.4. The van der Waals surface area contributed by atoms with Gasteiger partial charge in [-0.1, -0.05) is 18.2 Å². The minimum atomic E-state index is -2.82. The van der Waals surface area contributed by atoms with Crippen molar-refractivity contribution in [2.45, 2.75) is 13.5 Å². The first-order valence-corrected chi connectivity index (χ1v) is 10.4. The molecule has 2 rings (SSSR count). The first-order chi connectivity index (χ1) is 12.0. The van der Waals surface area contributed by atoms with Crippen LogP contribution < -0.4 is 15.4 Å². The molecule has 0 spiro atoms. The van der Waals surface area contributed by atoms with Crippen molar-refractivity contribution < 1.29 is 13.2 Å². The highest BCUT2D eigenvalue weighted by molar-refractivity contribution is 7.91. The molecule has 0 atom stereocenters. The van der Waals surface area contributed by atoms with Gasteiger partial charge < -0.3 is 15.4 Å². The van der Waals surface area contributed by atoms with Gasteiger partial charge in [0.15, 0.2) is 15.8 Å². The minimum absolute atomic E-state index is 0.258. The van der Waals surface area contributed by atoms with Crippen LogP contribution in [-0.2, 0) is 16.4 Å². The third kappa shape index (κ3) is 6.55. The monoisotopic (exact) mass is 368 g/mol. The number of nitrogens with one attached hydrogen (secondary N) is 2. The molecule has 1 saturated heterocycles. The SMILES string of the molecule is CCOc1ccccc1CNC(=NC)NCCN1CCS(=O)(=O)CC1. The van der Waals surface area contributed by atoms with E-state index in [0.717, 1.165) is 23.8 Å². The lowest BCUT2D eigenvalue weighted by atomic mass is 10.2. The van der Waals surface area contributed by atoms with Gasteiger partial charge in [-0.05, 0) is 13.0 Å². The summed E-state index contributed by atoms with van der Waals surface area (Å²) in [6.45, 7) is 5.96. The molecule has 0 bridgehead atoms. The van der Waals surface area contributed by atoms with E-state index in [-0.39, 0.29) is 11.5 Å². The molecular formula is C17H28N4O3S. The Morgan fingerprint density at radius 2 is 1.96 bits per heavy atom. The minimum Gasteiger partial charge on any atom is -0.494 e. The molecule has 25 heavy (non-hydrogen) atoms. The van der Waals surface area contributed by atoms with Gasteiger partial charge in [-0.3, -0.25) is 9.89 Å². The van der Waals surface area contributed by atoms with Gasteiger partial charge in [0.05, 0.1) is 18.1 Å². The van der Waals surface area contributed by atoms with Gasteiger partial charge in [0.2, 0.25) is 0 Å². The van der Waals surface area contributed by atoms with Gasteiger partial charge in [0, 0.05) is 45.3 Å². The van der Waals surface area contributed by atoms with E-state index in [0.29, 0.717) is 32.8 Å². The van der Waals surface area contributed by atoms with Crippen molar-refractivity contribution in [2.75, 3.05) is 51.3 Å². The van der Waals surface area contributed by atoms with E-state index < -0.39 is 9.84 Å². The van der Waals surface area contributed by atoms with Crippen LogP contribution in [0, 0.1) is 0 Å². The fourth-order valence-electron chi connectivity index (χ4n) is 2.65. The van der Waals surface area contributed by atoms with Crippen LogP contribution in [-0.4, -0.2) is 70.6 Å². The number of hydrogen-bond acceptors (Lipinski definition) is 5. The van der Waals surface area contributed by atoms with Crippen LogP contribution in [0.4, 0.5) is 0 Å². The molecule has 1 fully saturated rings. The quantitative estimate of drug-likeness (QED) is 0.538. The highest BCUT2D eigenvalue weighted by Crippen LogP contribution is 2.17. The Morgan fingerprint density at radius 3 is 2.64 bits per heavy atom. The van der Waals surface area contributed by atoms with Crippen LogP contribution in [0.2, 0.25) is 0 Å². The lowest BCUT2D eigenvalue weighted by molar-refractivity contribution is 0.299. The Hall–Kier alpha value is -1.80. The van der Waals surface area contributed by atoms with Crippen molar-refractivity contribution in [3.8, 4) is 5.75 Å². The summed E-state index contributed by atoms with van der Waals surface area (Å²) in [5.74, 6) is 2.11. The van der Waals surface area contributed by atoms with Gasteiger partial charge in [-0.25, -0.2) is 8.42 Å². The van der Waals surface area contributed by atoms with Crippen molar-refractivity contribution in [2.24, 2.45) is 4.99 Å². The molecule has 1 aromatic rings. The van der Waals surface area contributed by atoms with Gasteiger partial charge in [0.25, 0.3) is 0 Å². The second kappa shape index (κ2) is 9.62. The first kappa shape index (κ1) is 19.5. The molecule has 0 amide bonds. The van der Waals surface area contributed by atoms with Crippen molar-refractivity contribution in [3.63, 3.8) is 0 Å². The molecule has 2 N–H and O–H groups in total. The highest BCUT2D eigenvalue weighted by Gasteiger charge is 2.20. The van der Waals surface area contributed by atoms with E-state index in [1.165, 1.54) is 0 Å². The van der Waals surface area contributed by atoms with Gasteiger partial charge in [-0.2, -0.15) is 0 Å². The number of sulfone groups is 1. The van der Waals surface area contributed by atoms with Crippen molar-refractivity contribution >= 4 is 15.8 Å². The number of rotatable bonds is 7. The number of hydrogen-bond donors (Lipinski definition) is 2. The van der Waals surface area contributed by atoms with E-state index >= 15 is 0 Å². The zero-order valence-electron chi connectivity index (χ0n) is 15.0. The second-order valence-corrected chi connectivity index (χ2v) is 8.19. The Labute approximate surface area is 150 Å². The molecule has 0 saturated carbocycles. The lowest BCUT2D eigenvalue weighted by Crippen LogP contribution is -2.45. The Kier molecular flexibility index (Phi) is 7.52. The highest BCUT2D eigenvalue weighted by atomic mass is 32.2. The van der Waals surface area contributed by atoms with Crippen LogP contribution in [0.25, 0.3) is 0 Å². The van der Waals surface area contributed by atoms with E-state index in [4.69, 9.17) is 4.74 Å². The summed E-state index contributed by atoms with van der Waals surface area (Å²) < 4.78 is 28.5. The largest absolute Gasteiger partial charge is 0.494 e. The number of nitrogens with zero attached hydrogens (tertiary/aromatic N) is 2. The predicted molar refractivity (Wildman–Crippen MR) is 101 cm³/mol. The summed E-state index contributed by atoms with van der Waals surface area (Å²) >= 11 is 0. The summed E-state index contributed by atoms with van der Waals surface area (Å²) in [6.07, 6.45) is 0. The molecule has 140 valence electrons. The fourth-order valence-corrected chi connectivity index (χ4v) is 3.93. The molecule has 8 heteroatoms. The van der Waals surface area contributed by atoms with Crippen molar-refractivity contribution in [1.29, 1.82) is 0 Å². The van der Waals surface area contributed by atoms with Gasteiger partial charge in [-0.15, -0.1) is 0 Å². The van der Waals surface area contributed by atoms with Gasteiger partial charge >= 0.3 is 0 Å². The Balaban J connectivity index is 1.74. The smallest absolute Gasteiger partial charge is 0.191 e. The van der Waals surface area contributed by atoms with Crippen LogP contribution in [0.15, 0.2) is 29.3 Å². The van der Waals surface area contributed by atoms with Crippen LogP contribution >= 0.6 is 0 Å². The third-order valence-corrected chi connectivity index (χ3v) is 5.71. The maximum Gasteiger partial charge on any atom is 0.191 e. The van der Waals surface area contributed by atoms with E-state index in [1.807, 2.05) is 31.2 Å². The summed E-state index contributed by atoms with van der Waals surface area (Å²) in [6, 6.07) is 7.93. The standard InChI is InChI=1S/C17H28N4O3S/c1-3-24-16-7-5-4-6-15(16)14-20-17(18-2)19-8-9-21-10-12-25(22,23)13-11-21/h4-7H,3,8-14H2,1-2H3,(H2,18,19,20). The first-order valence-electron chi connectivity index (χ1n) is 8.62. The zero-order valence-corrected chi connectivity index (χ0v) is 15.8. The molecular weight excluding hydrogens is 340 g/mol. The Morgan fingerprint density at radius 1 is 1.24 bits per heavy atom. The van der Waals surface area contributed by atoms with E-state index in [2.05, 4.69) is 20.5 Å². The predicted octanol–water partition coefficient (Wildman–Crippen LogP) is 0.481. The lowest BCUT2D eigenvalue weighted by Gasteiger charge is -2.26. The molecule has 0 unspecified atom stereocenters. The van der Waals surface area contributed by atoms with E-state index in [9.17, 15) is 8.42 Å². The molecule has 1 aliphatic heterocycles. The topological polar surface area (TPSA) is 83.0 Å². The van der Waals surface area contributed by atoms with Crippen LogP contribution in [0.1, 0.15) is 12.5 Å². The summed E-state index contributed by atoms with van der Waals surface area (Å²) in [7, 11) is -1.09. The fraction of sp³-hybridized carbons (Fsp3) is 0.588. The molecule has 7 nitrogen and oxygen atoms in total. The molecule has 1 aliphatic rings. The zero-order chi connectivity index (χ0) is 18.1. The number of para-hydroxylation sites is 1. The summed E-state index contributed by atoms with van der Waals surface area (Å²) in [4.78, 5) is 6.38. The third-order valence-electron chi connectivity index (χ3n) is 4.10. The average molecular weight is 369 g/mol. The molecule has 0 aromatic heterocycles. The molecule has 0 aliphatic carbocycles. The van der Waals surface area contributed by atoms with Crippen molar-refractivity contribution in [1.82, 2.24) is 15.5 Å². The maximum absolute atomic E-state index is 11.4. The number of benzene rings is 1. The molecule has 1 aromatic carbocycles. The molecule has 1 heterocycles. The Bertz CT molecular complexity index is 662. The number of aliphatic imine (C=N–C) groups is 1. The second-order valence-electron chi connectivity index (χ2n) is 5.89. The van der Waals surface area contributed by atoms with Crippen molar-refractivity contribution in [3.05, 3.63) is 29.8 Å². The van der Waals surface area contributed by atoms with Crippen LogP contribution in [0.3, 0.4) is 0 Å². The number of guanidine groups is 1.